The minimum atomic E-state index is -4.57. The van der Waals surface area contributed by atoms with Crippen LogP contribution in [0.4, 0.5) is 13.2 Å². The molecule has 6 heteroatoms. The Morgan fingerprint density at radius 2 is 1.59 bits per heavy atom. The Labute approximate surface area is 131 Å². The third-order valence-corrected chi connectivity index (χ3v) is 4.10. The van der Waals surface area contributed by atoms with Crippen LogP contribution in [0.3, 0.4) is 0 Å². The van der Waals surface area contributed by atoms with Gasteiger partial charge in [0, 0.05) is 6.42 Å². The number of hydrogen-bond acceptors (Lipinski definition) is 3. The monoisotopic (exact) mass is 323 g/mol. The second kappa shape index (κ2) is 9.38. The SMILES string of the molecule is CCCCCCCCCCCC1=NC(CO)(C(F)(F)F)CO1. The van der Waals surface area contributed by atoms with Gasteiger partial charge in [-0.15, -0.1) is 0 Å². The van der Waals surface area contributed by atoms with Gasteiger partial charge in [-0.3, -0.25) is 0 Å². The smallest absolute Gasteiger partial charge is 0.419 e. The molecule has 1 rings (SSSR count). The van der Waals surface area contributed by atoms with Crippen molar-refractivity contribution in [2.75, 3.05) is 13.2 Å². The molecular formula is C16H28F3NO2. The van der Waals surface area contributed by atoms with Gasteiger partial charge in [0.05, 0.1) is 6.61 Å². The predicted octanol–water partition coefficient (Wildman–Crippen LogP) is 4.63. The first kappa shape index (κ1) is 19.3. The van der Waals surface area contributed by atoms with Crippen molar-refractivity contribution in [3.63, 3.8) is 0 Å². The number of alkyl halides is 3. The topological polar surface area (TPSA) is 41.8 Å². The molecule has 0 aliphatic carbocycles. The highest BCUT2D eigenvalue weighted by Gasteiger charge is 2.58. The van der Waals surface area contributed by atoms with Gasteiger partial charge in [-0.1, -0.05) is 58.3 Å². The van der Waals surface area contributed by atoms with Gasteiger partial charge in [0.1, 0.15) is 6.61 Å². The van der Waals surface area contributed by atoms with E-state index in [0.717, 1.165) is 19.3 Å². The van der Waals surface area contributed by atoms with Gasteiger partial charge >= 0.3 is 6.18 Å². The molecule has 0 saturated carbocycles. The van der Waals surface area contributed by atoms with Gasteiger partial charge in [0.2, 0.25) is 5.54 Å². The summed E-state index contributed by atoms with van der Waals surface area (Å²) in [6, 6.07) is 0. The third-order valence-electron chi connectivity index (χ3n) is 4.10. The molecule has 1 atom stereocenters. The molecule has 1 aliphatic heterocycles. The van der Waals surface area contributed by atoms with E-state index in [-0.39, 0.29) is 5.90 Å². The van der Waals surface area contributed by atoms with Crippen LogP contribution in [0.1, 0.15) is 71.1 Å². The van der Waals surface area contributed by atoms with Gasteiger partial charge < -0.3 is 9.84 Å². The molecule has 0 spiro atoms. The van der Waals surface area contributed by atoms with E-state index in [0.29, 0.717) is 6.42 Å². The lowest BCUT2D eigenvalue weighted by Gasteiger charge is -2.23. The first-order chi connectivity index (χ1) is 10.4. The number of unbranched alkanes of at least 4 members (excludes halogenated alkanes) is 8. The largest absolute Gasteiger partial charge is 0.478 e. The van der Waals surface area contributed by atoms with Crippen LogP contribution in [0.25, 0.3) is 0 Å². The van der Waals surface area contributed by atoms with E-state index >= 15 is 0 Å². The van der Waals surface area contributed by atoms with E-state index in [1.807, 2.05) is 0 Å². The van der Waals surface area contributed by atoms with E-state index < -0.39 is 24.9 Å². The number of aliphatic imine (C=N–C) groups is 1. The zero-order valence-corrected chi connectivity index (χ0v) is 13.4. The fourth-order valence-corrected chi connectivity index (χ4v) is 2.54. The number of rotatable bonds is 11. The minimum Gasteiger partial charge on any atom is -0.478 e. The number of nitrogens with zero attached hydrogens (tertiary/aromatic N) is 1. The molecule has 3 nitrogen and oxygen atoms in total. The first-order valence-electron chi connectivity index (χ1n) is 8.34. The van der Waals surface area contributed by atoms with E-state index in [9.17, 15) is 13.2 Å². The van der Waals surface area contributed by atoms with Gasteiger partial charge in [-0.2, -0.15) is 13.2 Å². The maximum atomic E-state index is 12.9. The van der Waals surface area contributed by atoms with Crippen molar-refractivity contribution < 1.29 is 23.0 Å². The summed E-state index contributed by atoms with van der Waals surface area (Å²) in [6.07, 6.45) is 6.24. The molecule has 130 valence electrons. The average Bonchev–Trinajstić information content (AvgIpc) is 2.90. The molecule has 0 aromatic carbocycles. The molecule has 1 N–H and O–H groups in total. The minimum absolute atomic E-state index is 0.134. The van der Waals surface area contributed by atoms with E-state index in [2.05, 4.69) is 11.9 Å². The predicted molar refractivity (Wildman–Crippen MR) is 81.1 cm³/mol. The maximum Gasteiger partial charge on any atom is 0.419 e. The Hall–Kier alpha value is -0.780. The Kier molecular flexibility index (Phi) is 8.21. The number of hydrogen-bond donors (Lipinski definition) is 1. The van der Waals surface area contributed by atoms with Crippen molar-refractivity contribution in [1.82, 2.24) is 0 Å². The highest BCUT2D eigenvalue weighted by Crippen LogP contribution is 2.37. The van der Waals surface area contributed by atoms with Crippen LogP contribution in [0.15, 0.2) is 4.99 Å². The molecule has 1 heterocycles. The van der Waals surface area contributed by atoms with E-state index in [4.69, 9.17) is 9.84 Å². The summed E-state index contributed by atoms with van der Waals surface area (Å²) in [7, 11) is 0. The van der Waals surface area contributed by atoms with Crippen LogP contribution in [-0.2, 0) is 4.74 Å². The second-order valence-corrected chi connectivity index (χ2v) is 6.06. The van der Waals surface area contributed by atoms with Crippen molar-refractivity contribution in [2.45, 2.75) is 82.8 Å². The number of aliphatic hydroxyl groups is 1. The lowest BCUT2D eigenvalue weighted by molar-refractivity contribution is -0.197. The summed E-state index contributed by atoms with van der Waals surface area (Å²) in [5, 5.41) is 8.99. The lowest BCUT2D eigenvalue weighted by atomic mass is 10.0. The summed E-state index contributed by atoms with van der Waals surface area (Å²) < 4.78 is 43.6. The van der Waals surface area contributed by atoms with Crippen molar-refractivity contribution in [3.05, 3.63) is 0 Å². The third kappa shape index (κ3) is 5.78. The average molecular weight is 323 g/mol. The molecule has 0 amide bonds. The van der Waals surface area contributed by atoms with E-state index in [1.54, 1.807) is 0 Å². The number of aliphatic hydroxyl groups excluding tert-OH is 1. The van der Waals surface area contributed by atoms with Gasteiger partial charge in [0.25, 0.3) is 0 Å². The quantitative estimate of drug-likeness (QED) is 0.563. The molecule has 22 heavy (non-hydrogen) atoms. The molecular weight excluding hydrogens is 295 g/mol. The second-order valence-electron chi connectivity index (χ2n) is 6.06. The van der Waals surface area contributed by atoms with Crippen LogP contribution < -0.4 is 0 Å². The molecule has 0 aromatic heterocycles. The molecule has 0 aromatic rings. The van der Waals surface area contributed by atoms with Crippen LogP contribution in [-0.4, -0.2) is 35.9 Å². The Bertz CT molecular complexity index is 345. The summed E-state index contributed by atoms with van der Waals surface area (Å²) >= 11 is 0. The molecule has 0 saturated heterocycles. The molecule has 1 aliphatic rings. The molecule has 0 bridgehead atoms. The number of ether oxygens (including phenoxy) is 1. The van der Waals surface area contributed by atoms with Crippen molar-refractivity contribution in [2.24, 2.45) is 4.99 Å². The highest BCUT2D eigenvalue weighted by atomic mass is 19.4. The summed E-state index contributed by atoms with van der Waals surface area (Å²) in [6.45, 7) is 0.537. The summed E-state index contributed by atoms with van der Waals surface area (Å²) in [5.74, 6) is 0.134. The van der Waals surface area contributed by atoms with Crippen molar-refractivity contribution >= 4 is 5.90 Å². The zero-order chi connectivity index (χ0) is 16.5. The standard InChI is InChI=1S/C16H28F3NO2/c1-2-3-4-5-6-7-8-9-10-11-14-20-15(12-21,13-22-14)16(17,18)19/h21H,2-13H2,1H3. The van der Waals surface area contributed by atoms with Gasteiger partial charge in [0.15, 0.2) is 5.90 Å². The normalized spacial score (nSPS) is 21.8. The number of halogens is 3. The Balaban J connectivity index is 2.16. The highest BCUT2D eigenvalue weighted by molar-refractivity contribution is 5.78. The van der Waals surface area contributed by atoms with Crippen LogP contribution in [0, 0.1) is 0 Å². The lowest BCUT2D eigenvalue weighted by Crippen LogP contribution is -2.48. The summed E-state index contributed by atoms with van der Waals surface area (Å²) in [5.41, 5.74) is -2.44. The Morgan fingerprint density at radius 1 is 1.05 bits per heavy atom. The molecule has 0 radical (unpaired) electrons. The molecule has 1 unspecified atom stereocenters. The van der Waals surface area contributed by atoms with Gasteiger partial charge in [-0.25, -0.2) is 4.99 Å². The first-order valence-corrected chi connectivity index (χ1v) is 8.34. The summed E-state index contributed by atoms with van der Waals surface area (Å²) in [4.78, 5) is 3.60. The zero-order valence-electron chi connectivity index (χ0n) is 13.4. The molecule has 0 fully saturated rings. The fraction of sp³-hybridized carbons (Fsp3) is 0.938. The van der Waals surface area contributed by atoms with Crippen molar-refractivity contribution in [3.8, 4) is 0 Å². The Morgan fingerprint density at radius 3 is 2.05 bits per heavy atom. The fourth-order valence-electron chi connectivity index (χ4n) is 2.54. The van der Waals surface area contributed by atoms with E-state index in [1.165, 1.54) is 38.5 Å². The van der Waals surface area contributed by atoms with Crippen LogP contribution in [0.5, 0.6) is 0 Å². The van der Waals surface area contributed by atoms with Crippen LogP contribution >= 0.6 is 0 Å². The van der Waals surface area contributed by atoms with Crippen LogP contribution in [0.2, 0.25) is 0 Å². The maximum absolute atomic E-state index is 12.9. The van der Waals surface area contributed by atoms with Crippen molar-refractivity contribution in [1.29, 1.82) is 0 Å². The van der Waals surface area contributed by atoms with Gasteiger partial charge in [-0.05, 0) is 6.42 Å².